The molecule has 0 bridgehead atoms. The Hall–Kier alpha value is -0.790. The predicted octanol–water partition coefficient (Wildman–Crippen LogP) is 1.84. The van der Waals surface area contributed by atoms with E-state index in [1.807, 2.05) is 20.8 Å². The molecule has 0 saturated heterocycles. The summed E-state index contributed by atoms with van der Waals surface area (Å²) in [5.74, 6) is -0.0371. The average molecular weight is 262 g/mol. The van der Waals surface area contributed by atoms with E-state index in [4.69, 9.17) is 11.0 Å². The number of nitrogens with one attached hydrogen (secondary N) is 1. The van der Waals surface area contributed by atoms with Crippen LogP contribution in [0.5, 0.6) is 0 Å². The van der Waals surface area contributed by atoms with Crippen LogP contribution in [0.4, 0.5) is 0 Å². The zero-order chi connectivity index (χ0) is 12.6. The topological polar surface area (TPSA) is 78.9 Å². The number of carbonyl (C=O) groups is 1. The number of nitriles is 1. The van der Waals surface area contributed by atoms with Crippen LogP contribution in [0, 0.1) is 22.7 Å². The molecule has 0 aliphatic heterocycles. The van der Waals surface area contributed by atoms with E-state index >= 15 is 0 Å². The van der Waals surface area contributed by atoms with E-state index in [2.05, 4.69) is 11.4 Å². The highest BCUT2D eigenvalue weighted by Crippen LogP contribution is 2.26. The quantitative estimate of drug-likeness (QED) is 0.687. The van der Waals surface area contributed by atoms with Gasteiger partial charge in [0.2, 0.25) is 5.91 Å². The summed E-state index contributed by atoms with van der Waals surface area (Å²) >= 11 is 0. The Morgan fingerprint density at radius 3 is 2.53 bits per heavy atom. The molecule has 1 unspecified atom stereocenters. The van der Waals surface area contributed by atoms with E-state index in [9.17, 15) is 4.79 Å². The van der Waals surface area contributed by atoms with E-state index in [1.54, 1.807) is 0 Å². The lowest BCUT2D eigenvalue weighted by Crippen LogP contribution is -2.39. The zero-order valence-corrected chi connectivity index (χ0v) is 11.8. The van der Waals surface area contributed by atoms with Gasteiger partial charge in [0.25, 0.3) is 0 Å². The van der Waals surface area contributed by atoms with Crippen LogP contribution in [0.3, 0.4) is 0 Å². The fourth-order valence-electron chi connectivity index (χ4n) is 1.53. The van der Waals surface area contributed by atoms with E-state index in [0.29, 0.717) is 19.5 Å². The summed E-state index contributed by atoms with van der Waals surface area (Å²) in [6.07, 6.45) is 2.18. The summed E-state index contributed by atoms with van der Waals surface area (Å²) in [4.78, 5) is 11.8. The maximum absolute atomic E-state index is 11.8. The summed E-state index contributed by atoms with van der Waals surface area (Å²) in [5.41, 5.74) is 4.87. The standard InChI is InChI=1S/C12H23N3O.ClH/c1-4-10(9-14)8-12(2,3)11(16)15-7-5-6-13;/h10H,4-8,13H2,1-3H3,(H,15,16);1H. The summed E-state index contributed by atoms with van der Waals surface area (Å²) in [7, 11) is 0. The van der Waals surface area contributed by atoms with E-state index in [0.717, 1.165) is 12.8 Å². The number of hydrogen-bond donors (Lipinski definition) is 2. The smallest absolute Gasteiger partial charge is 0.225 e. The Balaban J connectivity index is 0. The summed E-state index contributed by atoms with van der Waals surface area (Å²) in [6, 6.07) is 2.23. The van der Waals surface area contributed by atoms with Crippen LogP contribution < -0.4 is 11.1 Å². The minimum absolute atomic E-state index is 0. The van der Waals surface area contributed by atoms with E-state index < -0.39 is 5.41 Å². The number of hydrogen-bond acceptors (Lipinski definition) is 3. The number of halogens is 1. The fourth-order valence-corrected chi connectivity index (χ4v) is 1.53. The van der Waals surface area contributed by atoms with Crippen LogP contribution in [-0.2, 0) is 4.79 Å². The highest BCUT2D eigenvalue weighted by atomic mass is 35.5. The van der Waals surface area contributed by atoms with Gasteiger partial charge in [-0.25, -0.2) is 0 Å². The van der Waals surface area contributed by atoms with Gasteiger partial charge in [0.1, 0.15) is 0 Å². The van der Waals surface area contributed by atoms with Gasteiger partial charge in [0.05, 0.1) is 6.07 Å². The molecule has 0 aliphatic rings. The second-order valence-corrected chi connectivity index (χ2v) is 4.72. The maximum atomic E-state index is 11.8. The van der Waals surface area contributed by atoms with Crippen molar-refractivity contribution >= 4 is 18.3 Å². The molecule has 0 aromatic carbocycles. The molecule has 100 valence electrons. The van der Waals surface area contributed by atoms with Gasteiger partial charge in [-0.2, -0.15) is 5.26 Å². The molecule has 0 saturated carbocycles. The van der Waals surface area contributed by atoms with Gasteiger partial charge in [-0.1, -0.05) is 20.8 Å². The van der Waals surface area contributed by atoms with Crippen molar-refractivity contribution in [2.75, 3.05) is 13.1 Å². The molecule has 1 atom stereocenters. The lowest BCUT2D eigenvalue weighted by molar-refractivity contribution is -0.130. The SMILES string of the molecule is CCC(C#N)CC(C)(C)C(=O)NCCCN.Cl. The first-order chi connectivity index (χ1) is 7.47. The first-order valence-electron chi connectivity index (χ1n) is 5.86. The zero-order valence-electron chi connectivity index (χ0n) is 11.0. The number of nitrogens with two attached hydrogens (primary N) is 1. The molecule has 5 heteroatoms. The van der Waals surface area contributed by atoms with Gasteiger partial charge in [0.15, 0.2) is 0 Å². The Kier molecular flexibility index (Phi) is 10.1. The van der Waals surface area contributed by atoms with Crippen LogP contribution in [0.15, 0.2) is 0 Å². The molecule has 0 aromatic heterocycles. The molecule has 3 N–H and O–H groups in total. The van der Waals surface area contributed by atoms with E-state index in [-0.39, 0.29) is 24.2 Å². The van der Waals surface area contributed by atoms with Crippen molar-refractivity contribution in [3.8, 4) is 6.07 Å². The van der Waals surface area contributed by atoms with Crippen molar-refractivity contribution in [3.05, 3.63) is 0 Å². The molecule has 0 rings (SSSR count). The Morgan fingerprint density at radius 2 is 2.12 bits per heavy atom. The van der Waals surface area contributed by atoms with Crippen molar-refractivity contribution in [1.82, 2.24) is 5.32 Å². The highest BCUT2D eigenvalue weighted by molar-refractivity contribution is 5.85. The molecule has 0 aliphatic carbocycles. The Morgan fingerprint density at radius 1 is 1.53 bits per heavy atom. The first kappa shape index (κ1) is 18.6. The molecule has 0 fully saturated rings. The highest BCUT2D eigenvalue weighted by Gasteiger charge is 2.29. The normalized spacial score (nSPS) is 12.2. The first-order valence-corrected chi connectivity index (χ1v) is 5.86. The third-order valence-electron chi connectivity index (χ3n) is 2.71. The van der Waals surface area contributed by atoms with Gasteiger partial charge in [0, 0.05) is 17.9 Å². The van der Waals surface area contributed by atoms with E-state index in [1.165, 1.54) is 0 Å². The van der Waals surface area contributed by atoms with Gasteiger partial charge >= 0.3 is 0 Å². The van der Waals surface area contributed by atoms with Crippen molar-refractivity contribution < 1.29 is 4.79 Å². The summed E-state index contributed by atoms with van der Waals surface area (Å²) in [5, 5.41) is 11.7. The Bertz CT molecular complexity index is 261. The second-order valence-electron chi connectivity index (χ2n) is 4.72. The molecule has 4 nitrogen and oxygen atoms in total. The summed E-state index contributed by atoms with van der Waals surface area (Å²) < 4.78 is 0. The summed E-state index contributed by atoms with van der Waals surface area (Å²) in [6.45, 7) is 6.92. The minimum atomic E-state index is -0.481. The lowest BCUT2D eigenvalue weighted by atomic mass is 9.81. The van der Waals surface area contributed by atoms with Gasteiger partial charge in [-0.15, -0.1) is 12.4 Å². The number of amides is 1. The molecular weight excluding hydrogens is 238 g/mol. The van der Waals surface area contributed by atoms with Gasteiger partial charge in [-0.3, -0.25) is 4.79 Å². The molecular formula is C12H24ClN3O. The number of rotatable bonds is 7. The molecule has 1 amide bonds. The maximum Gasteiger partial charge on any atom is 0.225 e. The van der Waals surface area contributed by atoms with Crippen molar-refractivity contribution in [3.63, 3.8) is 0 Å². The predicted molar refractivity (Wildman–Crippen MR) is 71.7 cm³/mol. The molecule has 0 aromatic rings. The van der Waals surface area contributed by atoms with Crippen molar-refractivity contribution in [2.24, 2.45) is 17.1 Å². The van der Waals surface area contributed by atoms with Crippen molar-refractivity contribution in [1.29, 1.82) is 5.26 Å². The third-order valence-corrected chi connectivity index (χ3v) is 2.71. The fraction of sp³-hybridized carbons (Fsp3) is 0.833. The van der Waals surface area contributed by atoms with Crippen LogP contribution in [0.25, 0.3) is 0 Å². The molecule has 0 heterocycles. The lowest BCUT2D eigenvalue weighted by Gasteiger charge is -2.25. The van der Waals surface area contributed by atoms with Gasteiger partial charge < -0.3 is 11.1 Å². The second kappa shape index (κ2) is 9.26. The molecule has 0 spiro atoms. The molecule has 0 radical (unpaired) electrons. The Labute approximate surface area is 110 Å². The number of carbonyl (C=O) groups excluding carboxylic acids is 1. The third kappa shape index (κ3) is 7.19. The van der Waals surface area contributed by atoms with Crippen LogP contribution in [0.1, 0.15) is 40.0 Å². The largest absolute Gasteiger partial charge is 0.356 e. The van der Waals surface area contributed by atoms with Crippen molar-refractivity contribution in [2.45, 2.75) is 40.0 Å². The minimum Gasteiger partial charge on any atom is -0.356 e. The van der Waals surface area contributed by atoms with Crippen LogP contribution >= 0.6 is 12.4 Å². The molecule has 17 heavy (non-hydrogen) atoms. The monoisotopic (exact) mass is 261 g/mol. The van der Waals surface area contributed by atoms with Crippen LogP contribution in [-0.4, -0.2) is 19.0 Å². The van der Waals surface area contributed by atoms with Crippen LogP contribution in [0.2, 0.25) is 0 Å². The van der Waals surface area contributed by atoms with Gasteiger partial charge in [-0.05, 0) is 25.8 Å². The number of nitrogens with zero attached hydrogens (tertiary/aromatic N) is 1. The average Bonchev–Trinajstić information content (AvgIpc) is 2.26.